The van der Waals surface area contributed by atoms with Crippen LogP contribution >= 0.6 is 0 Å². The predicted octanol–water partition coefficient (Wildman–Crippen LogP) is -2.96. The lowest BCUT2D eigenvalue weighted by atomic mass is 9.96. The zero-order chi connectivity index (χ0) is 35.6. The maximum Gasteiger partial charge on any atom is 0.243 e. The van der Waals surface area contributed by atoms with Crippen LogP contribution in [-0.2, 0) is 28.8 Å². The van der Waals surface area contributed by atoms with Crippen molar-refractivity contribution in [1.82, 2.24) is 26.6 Å². The van der Waals surface area contributed by atoms with Crippen molar-refractivity contribution in [2.24, 2.45) is 45.7 Å². The molecule has 0 radical (unpaired) electrons. The van der Waals surface area contributed by atoms with Crippen LogP contribution in [0.3, 0.4) is 0 Å². The number of nitrogens with two attached hydrogens (primary N) is 4. The number of hydrogen-bond acceptors (Lipinski definition) is 9. The lowest BCUT2D eigenvalue weighted by Gasteiger charge is -2.28. The van der Waals surface area contributed by atoms with Gasteiger partial charge < -0.3 is 54.6 Å². The Labute approximate surface area is 271 Å². The lowest BCUT2D eigenvalue weighted by molar-refractivity contribution is -0.135. The van der Waals surface area contributed by atoms with Crippen molar-refractivity contribution in [1.29, 1.82) is 0 Å². The molecule has 0 unspecified atom stereocenters. The summed E-state index contributed by atoms with van der Waals surface area (Å²) in [4.78, 5) is 80.2. The minimum Gasteiger partial charge on any atom is -0.394 e. The number of carbonyl (C=O) groups is 6. The minimum atomic E-state index is -1.33. The second kappa shape index (κ2) is 21.7. The van der Waals surface area contributed by atoms with Crippen LogP contribution in [0, 0.1) is 17.8 Å². The summed E-state index contributed by atoms with van der Waals surface area (Å²) in [5.74, 6) is -4.54. The number of primary amides is 1. The van der Waals surface area contributed by atoms with E-state index in [-0.39, 0.29) is 43.1 Å². The number of guanidine groups is 1. The van der Waals surface area contributed by atoms with Gasteiger partial charge in [0.2, 0.25) is 35.4 Å². The molecule has 0 saturated carbocycles. The smallest absolute Gasteiger partial charge is 0.243 e. The maximum atomic E-state index is 13.3. The van der Waals surface area contributed by atoms with Gasteiger partial charge in [0.25, 0.3) is 0 Å². The fourth-order valence-electron chi connectivity index (χ4n) is 4.33. The lowest BCUT2D eigenvalue weighted by Crippen LogP contribution is -2.59. The molecule has 0 aromatic carbocycles. The van der Waals surface area contributed by atoms with Crippen molar-refractivity contribution in [3.05, 3.63) is 0 Å². The molecule has 0 aliphatic rings. The van der Waals surface area contributed by atoms with Crippen LogP contribution in [0.4, 0.5) is 0 Å². The van der Waals surface area contributed by atoms with Crippen molar-refractivity contribution < 1.29 is 33.9 Å². The van der Waals surface area contributed by atoms with Gasteiger partial charge in [-0.15, -0.1) is 0 Å². The summed E-state index contributed by atoms with van der Waals surface area (Å²) in [6.07, 6.45) is 1.60. The summed E-state index contributed by atoms with van der Waals surface area (Å²) >= 11 is 0. The van der Waals surface area contributed by atoms with E-state index >= 15 is 0 Å². The largest absolute Gasteiger partial charge is 0.394 e. The molecular formula is C29H56N10O7. The maximum absolute atomic E-state index is 13.3. The number of aliphatic imine (C=N–C) groups is 1. The molecular weight excluding hydrogens is 600 g/mol. The second-order valence-corrected chi connectivity index (χ2v) is 12.2. The van der Waals surface area contributed by atoms with Gasteiger partial charge in [-0.3, -0.25) is 33.8 Å². The molecule has 0 spiro atoms. The average molecular weight is 657 g/mol. The predicted molar refractivity (Wildman–Crippen MR) is 173 cm³/mol. The monoisotopic (exact) mass is 656 g/mol. The first kappa shape index (κ1) is 42.0. The third-order valence-corrected chi connectivity index (χ3v) is 7.06. The molecule has 0 saturated heterocycles. The molecule has 17 nitrogen and oxygen atoms in total. The number of carbonyl (C=O) groups excluding carboxylic acids is 6. The van der Waals surface area contributed by atoms with Crippen LogP contribution in [0.2, 0.25) is 0 Å². The van der Waals surface area contributed by atoms with Crippen molar-refractivity contribution >= 4 is 41.4 Å². The van der Waals surface area contributed by atoms with Crippen LogP contribution in [-0.4, -0.2) is 96.4 Å². The summed E-state index contributed by atoms with van der Waals surface area (Å²) in [5.41, 5.74) is 21.9. The fourth-order valence-corrected chi connectivity index (χ4v) is 4.33. The Kier molecular flexibility index (Phi) is 19.8. The molecule has 264 valence electrons. The highest BCUT2D eigenvalue weighted by atomic mass is 16.3. The number of rotatable bonds is 22. The van der Waals surface area contributed by atoms with E-state index in [1.54, 1.807) is 6.92 Å². The second-order valence-electron chi connectivity index (χ2n) is 12.2. The van der Waals surface area contributed by atoms with Crippen molar-refractivity contribution in [2.75, 3.05) is 19.7 Å². The van der Waals surface area contributed by atoms with Crippen molar-refractivity contribution in [2.45, 2.75) is 104 Å². The molecule has 0 rings (SSSR count). The van der Waals surface area contributed by atoms with Gasteiger partial charge in [-0.1, -0.05) is 48.0 Å². The molecule has 0 heterocycles. The normalized spacial score (nSPS) is 15.0. The Morgan fingerprint density at radius 2 is 1.30 bits per heavy atom. The number of hydrogen-bond donors (Lipinski definition) is 10. The van der Waals surface area contributed by atoms with E-state index in [1.807, 2.05) is 34.6 Å². The molecule has 0 aliphatic heterocycles. The summed E-state index contributed by atoms with van der Waals surface area (Å²) < 4.78 is 0. The average Bonchev–Trinajstić information content (AvgIpc) is 2.96. The Morgan fingerprint density at radius 1 is 0.739 bits per heavy atom. The van der Waals surface area contributed by atoms with Crippen molar-refractivity contribution in [3.63, 3.8) is 0 Å². The standard InChI is InChI=1S/C29H56N10O7/c1-7-17(6)23(28(46)37-20(12-16(4)5)27(45)38-21(14-40)24(31)42)39-22(41)13-35-26(44)19(9-8-10-34-29(32)33)36-25(43)18(30)11-15(2)3/h15-21,23,40H,7-14,30H2,1-6H3,(H2,31,42)(H,35,44)(H,36,43)(H,37,46)(H,38,45)(H,39,41)(H4,32,33,34)/t17-,18+,19-,20-,21+,23-/m0/s1. The molecule has 6 amide bonds. The van der Waals surface area contributed by atoms with Gasteiger partial charge in [0, 0.05) is 6.54 Å². The summed E-state index contributed by atoms with van der Waals surface area (Å²) in [5, 5.41) is 22.0. The molecule has 0 aromatic heterocycles. The highest BCUT2D eigenvalue weighted by Crippen LogP contribution is 2.11. The minimum absolute atomic E-state index is 0.0446. The molecule has 0 aromatic rings. The van der Waals surface area contributed by atoms with E-state index < -0.39 is 78.8 Å². The Balaban J connectivity index is 5.62. The highest BCUT2D eigenvalue weighted by Gasteiger charge is 2.32. The number of nitrogens with zero attached hydrogens (tertiary/aromatic N) is 1. The zero-order valence-electron chi connectivity index (χ0n) is 27.9. The third kappa shape index (κ3) is 16.9. The van der Waals surface area contributed by atoms with Crippen LogP contribution in [0.1, 0.15) is 73.6 Å². The zero-order valence-corrected chi connectivity index (χ0v) is 27.9. The van der Waals surface area contributed by atoms with Crippen LogP contribution in [0.5, 0.6) is 0 Å². The van der Waals surface area contributed by atoms with E-state index in [0.717, 1.165) is 0 Å². The summed E-state index contributed by atoms with van der Waals surface area (Å²) in [7, 11) is 0. The van der Waals surface area contributed by atoms with Gasteiger partial charge in [0.15, 0.2) is 5.96 Å². The van der Waals surface area contributed by atoms with Crippen LogP contribution in [0.25, 0.3) is 0 Å². The first-order valence-electron chi connectivity index (χ1n) is 15.6. The van der Waals surface area contributed by atoms with E-state index in [9.17, 15) is 33.9 Å². The molecule has 6 atom stereocenters. The SMILES string of the molecule is CC[C@H](C)[C@H](NC(=O)CNC(=O)[C@H](CCCN=C(N)N)NC(=O)[C@H](N)CC(C)C)C(=O)N[C@@H](CC(C)C)C(=O)N[C@H](CO)C(N)=O. The van der Waals surface area contributed by atoms with E-state index in [4.69, 9.17) is 22.9 Å². The first-order valence-corrected chi connectivity index (χ1v) is 15.6. The Bertz CT molecular complexity index is 1050. The molecule has 0 bridgehead atoms. The molecule has 14 N–H and O–H groups in total. The van der Waals surface area contributed by atoms with E-state index in [2.05, 4.69) is 31.6 Å². The first-order chi connectivity index (χ1) is 21.4. The van der Waals surface area contributed by atoms with Gasteiger partial charge in [-0.25, -0.2) is 0 Å². The summed E-state index contributed by atoms with van der Waals surface area (Å²) in [6.45, 7) is 10.0. The fraction of sp³-hybridized carbons (Fsp3) is 0.759. The number of nitrogens with one attached hydrogen (secondary N) is 5. The summed E-state index contributed by atoms with van der Waals surface area (Å²) in [6, 6.07) is -5.36. The Hall–Kier alpha value is -3.99. The molecule has 0 fully saturated rings. The third-order valence-electron chi connectivity index (χ3n) is 7.06. The molecule has 46 heavy (non-hydrogen) atoms. The van der Waals surface area contributed by atoms with E-state index in [1.165, 1.54) is 0 Å². The van der Waals surface area contributed by atoms with E-state index in [0.29, 0.717) is 19.3 Å². The topological polar surface area (TPSA) is 299 Å². The van der Waals surface area contributed by atoms with Gasteiger partial charge in [-0.05, 0) is 43.4 Å². The van der Waals surface area contributed by atoms with Crippen LogP contribution in [0.15, 0.2) is 4.99 Å². The Morgan fingerprint density at radius 3 is 1.80 bits per heavy atom. The quantitative estimate of drug-likeness (QED) is 0.0321. The van der Waals surface area contributed by atoms with Crippen LogP contribution < -0.4 is 49.5 Å². The number of aliphatic hydroxyl groups excluding tert-OH is 1. The van der Waals surface area contributed by atoms with Gasteiger partial charge in [0.1, 0.15) is 24.2 Å². The number of amides is 6. The van der Waals surface area contributed by atoms with Crippen molar-refractivity contribution in [3.8, 4) is 0 Å². The highest BCUT2D eigenvalue weighted by molar-refractivity contribution is 5.95. The van der Waals surface area contributed by atoms with Gasteiger partial charge in [-0.2, -0.15) is 0 Å². The van der Waals surface area contributed by atoms with Gasteiger partial charge in [0.05, 0.1) is 19.2 Å². The number of aliphatic hydroxyl groups is 1. The van der Waals surface area contributed by atoms with Gasteiger partial charge >= 0.3 is 0 Å². The molecule has 17 heteroatoms. The molecule has 0 aliphatic carbocycles.